The van der Waals surface area contributed by atoms with E-state index in [2.05, 4.69) is 5.32 Å². The standard InChI is InChI=1S/C10H11ClFNO/c11-8-3-7(4-9(12)5-8)10-6-14-2-1-13-10/h3-5,10,13H,1-2,6H2. The molecule has 1 N–H and O–H groups in total. The lowest BCUT2D eigenvalue weighted by Crippen LogP contribution is -2.34. The van der Waals surface area contributed by atoms with Crippen LogP contribution in [0.4, 0.5) is 4.39 Å². The van der Waals surface area contributed by atoms with Crippen LogP contribution in [0.5, 0.6) is 0 Å². The molecule has 1 atom stereocenters. The van der Waals surface area contributed by atoms with Crippen molar-refractivity contribution >= 4 is 11.6 Å². The average Bonchev–Trinajstić information content (AvgIpc) is 2.18. The number of benzene rings is 1. The number of ether oxygens (including phenoxy) is 1. The number of morpholine rings is 1. The molecule has 1 heterocycles. The van der Waals surface area contributed by atoms with Crippen molar-refractivity contribution in [3.8, 4) is 0 Å². The van der Waals surface area contributed by atoms with Gasteiger partial charge in [-0.25, -0.2) is 4.39 Å². The third-order valence-corrected chi connectivity index (χ3v) is 2.43. The van der Waals surface area contributed by atoms with Crippen LogP contribution in [-0.2, 0) is 4.74 Å². The van der Waals surface area contributed by atoms with Gasteiger partial charge in [0.25, 0.3) is 0 Å². The highest BCUT2D eigenvalue weighted by Gasteiger charge is 2.16. The van der Waals surface area contributed by atoms with Crippen molar-refractivity contribution in [3.63, 3.8) is 0 Å². The van der Waals surface area contributed by atoms with E-state index in [4.69, 9.17) is 16.3 Å². The van der Waals surface area contributed by atoms with Crippen LogP contribution in [0.25, 0.3) is 0 Å². The molecule has 0 radical (unpaired) electrons. The van der Waals surface area contributed by atoms with Crippen LogP contribution in [0.1, 0.15) is 11.6 Å². The predicted molar refractivity (Wildman–Crippen MR) is 53.0 cm³/mol. The largest absolute Gasteiger partial charge is 0.378 e. The number of halogens is 2. The first-order valence-corrected chi connectivity index (χ1v) is 4.90. The molecule has 0 saturated carbocycles. The molecule has 2 nitrogen and oxygen atoms in total. The molecule has 1 fully saturated rings. The zero-order valence-corrected chi connectivity index (χ0v) is 8.35. The van der Waals surface area contributed by atoms with Crippen LogP contribution in [0.2, 0.25) is 5.02 Å². The minimum Gasteiger partial charge on any atom is -0.378 e. The second-order valence-electron chi connectivity index (χ2n) is 3.28. The lowest BCUT2D eigenvalue weighted by Gasteiger charge is -2.24. The summed E-state index contributed by atoms with van der Waals surface area (Å²) in [5.41, 5.74) is 0.842. The summed E-state index contributed by atoms with van der Waals surface area (Å²) < 4.78 is 18.3. The summed E-state index contributed by atoms with van der Waals surface area (Å²) >= 11 is 5.76. The van der Waals surface area contributed by atoms with Gasteiger partial charge in [-0.15, -0.1) is 0 Å². The van der Waals surface area contributed by atoms with Crippen molar-refractivity contribution in [1.82, 2.24) is 5.32 Å². The van der Waals surface area contributed by atoms with Crippen LogP contribution in [0.3, 0.4) is 0 Å². The van der Waals surface area contributed by atoms with E-state index in [1.54, 1.807) is 6.07 Å². The van der Waals surface area contributed by atoms with Crippen molar-refractivity contribution in [3.05, 3.63) is 34.6 Å². The Labute approximate surface area is 87.0 Å². The van der Waals surface area contributed by atoms with Crippen molar-refractivity contribution in [1.29, 1.82) is 0 Å². The highest BCUT2D eigenvalue weighted by molar-refractivity contribution is 6.30. The lowest BCUT2D eigenvalue weighted by molar-refractivity contribution is 0.0768. The highest BCUT2D eigenvalue weighted by Crippen LogP contribution is 2.21. The van der Waals surface area contributed by atoms with Gasteiger partial charge >= 0.3 is 0 Å². The highest BCUT2D eigenvalue weighted by atomic mass is 35.5. The molecule has 1 aliphatic rings. The van der Waals surface area contributed by atoms with Gasteiger partial charge in [0.05, 0.1) is 19.3 Å². The summed E-state index contributed by atoms with van der Waals surface area (Å²) in [5.74, 6) is -0.306. The molecule has 1 aromatic carbocycles. The Morgan fingerprint density at radius 3 is 2.93 bits per heavy atom. The summed E-state index contributed by atoms with van der Waals surface area (Å²) in [4.78, 5) is 0. The van der Waals surface area contributed by atoms with Crippen molar-refractivity contribution in [2.45, 2.75) is 6.04 Å². The van der Waals surface area contributed by atoms with Gasteiger partial charge in [-0.3, -0.25) is 0 Å². The van der Waals surface area contributed by atoms with Gasteiger partial charge in [0.2, 0.25) is 0 Å². The minimum atomic E-state index is -0.306. The monoisotopic (exact) mass is 215 g/mol. The molecule has 1 aromatic rings. The van der Waals surface area contributed by atoms with E-state index < -0.39 is 0 Å². The van der Waals surface area contributed by atoms with Crippen LogP contribution in [0.15, 0.2) is 18.2 Å². The molecule has 0 aromatic heterocycles. The molecule has 0 amide bonds. The van der Waals surface area contributed by atoms with E-state index in [1.165, 1.54) is 12.1 Å². The lowest BCUT2D eigenvalue weighted by atomic mass is 10.1. The molecule has 0 bridgehead atoms. The van der Waals surface area contributed by atoms with E-state index in [1.807, 2.05) is 0 Å². The maximum atomic E-state index is 13.0. The van der Waals surface area contributed by atoms with Crippen molar-refractivity contribution < 1.29 is 9.13 Å². The minimum absolute atomic E-state index is 0.0527. The zero-order valence-electron chi connectivity index (χ0n) is 7.59. The summed E-state index contributed by atoms with van der Waals surface area (Å²) in [6.07, 6.45) is 0. The normalized spacial score (nSPS) is 22.3. The van der Waals surface area contributed by atoms with Crippen LogP contribution in [-0.4, -0.2) is 19.8 Å². The van der Waals surface area contributed by atoms with Gasteiger partial charge in [-0.05, 0) is 23.8 Å². The van der Waals surface area contributed by atoms with E-state index in [-0.39, 0.29) is 11.9 Å². The summed E-state index contributed by atoms with van der Waals surface area (Å²) in [6.45, 7) is 2.07. The first kappa shape index (κ1) is 9.90. The Hall–Kier alpha value is -0.640. The van der Waals surface area contributed by atoms with Gasteiger partial charge in [0, 0.05) is 11.6 Å². The van der Waals surface area contributed by atoms with Crippen LogP contribution >= 0.6 is 11.6 Å². The van der Waals surface area contributed by atoms with Gasteiger partial charge in [0.15, 0.2) is 0 Å². The van der Waals surface area contributed by atoms with Gasteiger partial charge < -0.3 is 10.1 Å². The van der Waals surface area contributed by atoms with Gasteiger partial charge in [0.1, 0.15) is 5.82 Å². The Balaban J connectivity index is 2.21. The fraction of sp³-hybridized carbons (Fsp3) is 0.400. The second kappa shape index (κ2) is 4.26. The summed E-state index contributed by atoms with van der Waals surface area (Å²) in [7, 11) is 0. The molecule has 0 spiro atoms. The third-order valence-electron chi connectivity index (χ3n) is 2.21. The number of hydrogen-bond acceptors (Lipinski definition) is 2. The maximum Gasteiger partial charge on any atom is 0.125 e. The Kier molecular flexibility index (Phi) is 3.01. The summed E-state index contributed by atoms with van der Waals surface area (Å²) in [6, 6.07) is 4.60. The van der Waals surface area contributed by atoms with Crippen molar-refractivity contribution in [2.75, 3.05) is 19.8 Å². The molecule has 4 heteroatoms. The van der Waals surface area contributed by atoms with E-state index in [9.17, 15) is 4.39 Å². The Bertz CT molecular complexity index is 306. The molecule has 14 heavy (non-hydrogen) atoms. The van der Waals surface area contributed by atoms with Crippen molar-refractivity contribution in [2.24, 2.45) is 0 Å². The van der Waals surface area contributed by atoms with E-state index in [0.29, 0.717) is 18.2 Å². The maximum absolute atomic E-state index is 13.0. The molecular formula is C10H11ClFNO. The topological polar surface area (TPSA) is 21.3 Å². The molecule has 2 rings (SSSR count). The number of rotatable bonds is 1. The first-order chi connectivity index (χ1) is 6.75. The predicted octanol–water partition coefficient (Wildman–Crippen LogP) is 2.14. The van der Waals surface area contributed by atoms with E-state index in [0.717, 1.165) is 12.1 Å². The fourth-order valence-electron chi connectivity index (χ4n) is 1.56. The van der Waals surface area contributed by atoms with Crippen LogP contribution < -0.4 is 5.32 Å². The zero-order chi connectivity index (χ0) is 9.97. The number of nitrogens with one attached hydrogen (secondary N) is 1. The Morgan fingerprint density at radius 1 is 1.43 bits per heavy atom. The fourth-order valence-corrected chi connectivity index (χ4v) is 1.79. The molecular weight excluding hydrogens is 205 g/mol. The molecule has 0 aliphatic carbocycles. The molecule has 1 saturated heterocycles. The first-order valence-electron chi connectivity index (χ1n) is 4.53. The second-order valence-corrected chi connectivity index (χ2v) is 3.72. The molecule has 1 aliphatic heterocycles. The van der Waals surface area contributed by atoms with Crippen LogP contribution in [0, 0.1) is 5.82 Å². The molecule has 76 valence electrons. The number of hydrogen-bond donors (Lipinski definition) is 1. The smallest absolute Gasteiger partial charge is 0.125 e. The molecule has 1 unspecified atom stereocenters. The van der Waals surface area contributed by atoms with E-state index >= 15 is 0 Å². The van der Waals surface area contributed by atoms with Gasteiger partial charge in [-0.2, -0.15) is 0 Å². The summed E-state index contributed by atoms with van der Waals surface area (Å²) in [5, 5.41) is 3.66. The third kappa shape index (κ3) is 2.23. The quantitative estimate of drug-likeness (QED) is 0.775. The Morgan fingerprint density at radius 2 is 2.29 bits per heavy atom. The average molecular weight is 216 g/mol. The SMILES string of the molecule is Fc1cc(Cl)cc(C2COCCN2)c1. The van der Waals surface area contributed by atoms with Gasteiger partial charge in [-0.1, -0.05) is 11.6 Å².